The molecule has 1 aliphatic rings. The number of nitrogens with one attached hydrogen (secondary N) is 1. The number of hydrogen-bond donors (Lipinski definition) is 1. The smallest absolute Gasteiger partial charge is 0.263 e. The van der Waals surface area contributed by atoms with E-state index >= 15 is 0 Å². The van der Waals surface area contributed by atoms with Crippen molar-refractivity contribution in [2.75, 3.05) is 33.7 Å². The van der Waals surface area contributed by atoms with E-state index in [4.69, 9.17) is 0 Å². The number of amides is 1. The van der Waals surface area contributed by atoms with Crippen molar-refractivity contribution in [3.05, 3.63) is 35.4 Å². The molecule has 116 valence electrons. The molecule has 1 saturated heterocycles. The third-order valence-electron chi connectivity index (χ3n) is 3.67. The van der Waals surface area contributed by atoms with Gasteiger partial charge in [0.2, 0.25) is 5.91 Å². The average Bonchev–Trinajstić information content (AvgIpc) is 2.47. The lowest BCUT2D eigenvalue weighted by atomic mass is 10.1. The van der Waals surface area contributed by atoms with E-state index in [9.17, 15) is 13.6 Å². The van der Waals surface area contributed by atoms with Crippen LogP contribution in [-0.2, 0) is 11.3 Å². The van der Waals surface area contributed by atoms with Gasteiger partial charge in [0.05, 0.1) is 0 Å². The van der Waals surface area contributed by atoms with Crippen LogP contribution in [-0.4, -0.2) is 55.5 Å². The van der Waals surface area contributed by atoms with Crippen molar-refractivity contribution in [3.8, 4) is 0 Å². The van der Waals surface area contributed by atoms with E-state index in [-0.39, 0.29) is 17.5 Å². The first-order valence-corrected chi connectivity index (χ1v) is 7.02. The Morgan fingerprint density at radius 2 is 2.24 bits per heavy atom. The third-order valence-corrected chi connectivity index (χ3v) is 3.67. The fraction of sp³-hybridized carbons (Fsp3) is 0.533. The van der Waals surface area contributed by atoms with E-state index in [2.05, 4.69) is 5.32 Å². The molecule has 0 bridgehead atoms. The molecule has 4 nitrogen and oxygen atoms in total. The first-order valence-electron chi connectivity index (χ1n) is 7.02. The number of hydrogen-bond acceptors (Lipinski definition) is 3. The monoisotopic (exact) mass is 297 g/mol. The number of carbonyl (C=O) groups is 1. The average molecular weight is 297 g/mol. The number of carbonyl (C=O) groups excluding carboxylic acids is 1. The van der Waals surface area contributed by atoms with Gasteiger partial charge in [0.25, 0.3) is 6.43 Å². The van der Waals surface area contributed by atoms with E-state index < -0.39 is 6.43 Å². The van der Waals surface area contributed by atoms with Crippen molar-refractivity contribution in [1.29, 1.82) is 0 Å². The summed E-state index contributed by atoms with van der Waals surface area (Å²) in [6.07, 6.45) is -2.47. The second kappa shape index (κ2) is 6.95. The van der Waals surface area contributed by atoms with E-state index in [1.54, 1.807) is 25.1 Å². The van der Waals surface area contributed by atoms with E-state index in [0.717, 1.165) is 18.7 Å². The summed E-state index contributed by atoms with van der Waals surface area (Å²) in [5.74, 6) is 0.0345. The number of nitrogens with zero attached hydrogens (tertiary/aromatic N) is 2. The number of rotatable bonds is 4. The maximum Gasteiger partial charge on any atom is 0.263 e. The molecule has 1 N–H and O–H groups in total. The van der Waals surface area contributed by atoms with Gasteiger partial charge >= 0.3 is 0 Å². The summed E-state index contributed by atoms with van der Waals surface area (Å²) in [7, 11) is 3.46. The molecule has 1 unspecified atom stereocenters. The van der Waals surface area contributed by atoms with Crippen LogP contribution in [0.1, 0.15) is 17.6 Å². The SMILES string of the molecule is CN(C)C(=O)C1CNCCN1Cc1cccc(C(F)F)c1. The van der Waals surface area contributed by atoms with Gasteiger partial charge in [-0.1, -0.05) is 18.2 Å². The van der Waals surface area contributed by atoms with Gasteiger partial charge < -0.3 is 10.2 Å². The third kappa shape index (κ3) is 3.98. The van der Waals surface area contributed by atoms with Gasteiger partial charge in [0.1, 0.15) is 6.04 Å². The highest BCUT2D eigenvalue weighted by Gasteiger charge is 2.29. The fourth-order valence-electron chi connectivity index (χ4n) is 2.54. The summed E-state index contributed by atoms with van der Waals surface area (Å²) in [5.41, 5.74) is 0.837. The number of likely N-dealkylation sites (N-methyl/N-ethyl adjacent to an activating group) is 1. The van der Waals surface area contributed by atoms with Crippen LogP contribution in [0.15, 0.2) is 24.3 Å². The second-order valence-electron chi connectivity index (χ2n) is 5.47. The number of piperazine rings is 1. The molecule has 1 heterocycles. The normalized spacial score (nSPS) is 19.8. The van der Waals surface area contributed by atoms with Crippen molar-refractivity contribution in [2.24, 2.45) is 0 Å². The van der Waals surface area contributed by atoms with Crippen molar-refractivity contribution in [3.63, 3.8) is 0 Å². The maximum absolute atomic E-state index is 12.8. The lowest BCUT2D eigenvalue weighted by Gasteiger charge is -2.36. The minimum absolute atomic E-state index is 0.0260. The molecule has 0 spiro atoms. The van der Waals surface area contributed by atoms with Gasteiger partial charge in [-0.15, -0.1) is 0 Å². The predicted octanol–water partition coefficient (Wildman–Crippen LogP) is 1.49. The molecule has 0 aromatic heterocycles. The molecule has 2 rings (SSSR count). The number of benzene rings is 1. The summed E-state index contributed by atoms with van der Waals surface area (Å²) < 4.78 is 25.5. The van der Waals surface area contributed by atoms with Crippen molar-refractivity contribution in [2.45, 2.75) is 19.0 Å². The summed E-state index contributed by atoms with van der Waals surface area (Å²) in [4.78, 5) is 15.8. The minimum Gasteiger partial charge on any atom is -0.347 e. The van der Waals surface area contributed by atoms with Crippen molar-refractivity contribution < 1.29 is 13.6 Å². The topological polar surface area (TPSA) is 35.6 Å². The van der Waals surface area contributed by atoms with Crippen LogP contribution < -0.4 is 5.32 Å². The molecule has 1 aromatic carbocycles. The Kier molecular flexibility index (Phi) is 5.25. The Morgan fingerprint density at radius 3 is 2.90 bits per heavy atom. The Morgan fingerprint density at radius 1 is 1.48 bits per heavy atom. The Hall–Kier alpha value is -1.53. The lowest BCUT2D eigenvalue weighted by Crippen LogP contribution is -2.57. The quantitative estimate of drug-likeness (QED) is 0.914. The highest BCUT2D eigenvalue weighted by Crippen LogP contribution is 2.21. The van der Waals surface area contributed by atoms with E-state index in [1.807, 2.05) is 11.0 Å². The van der Waals surface area contributed by atoms with Crippen LogP contribution in [0.5, 0.6) is 0 Å². The van der Waals surface area contributed by atoms with Gasteiger partial charge in [-0.05, 0) is 11.6 Å². The zero-order valence-corrected chi connectivity index (χ0v) is 12.4. The molecule has 0 saturated carbocycles. The molecule has 1 atom stereocenters. The molecule has 0 radical (unpaired) electrons. The summed E-state index contributed by atoms with van der Waals surface area (Å²) in [6, 6.07) is 6.16. The standard InChI is InChI=1S/C15H21F2N3O/c1-19(2)15(21)13-9-18-6-7-20(13)10-11-4-3-5-12(8-11)14(16)17/h3-5,8,13-14,18H,6-7,9-10H2,1-2H3. The van der Waals surface area contributed by atoms with Gasteiger partial charge in [-0.3, -0.25) is 9.69 Å². The molecular formula is C15H21F2N3O. The summed E-state index contributed by atoms with van der Waals surface area (Å²) >= 11 is 0. The molecule has 1 aromatic rings. The van der Waals surface area contributed by atoms with Gasteiger partial charge in [0, 0.05) is 45.8 Å². The zero-order valence-electron chi connectivity index (χ0n) is 12.4. The van der Waals surface area contributed by atoms with Crippen LogP contribution in [0.4, 0.5) is 8.78 Å². The predicted molar refractivity (Wildman–Crippen MR) is 77.2 cm³/mol. The van der Waals surface area contributed by atoms with Crippen LogP contribution >= 0.6 is 0 Å². The maximum atomic E-state index is 12.8. The van der Waals surface area contributed by atoms with Crippen molar-refractivity contribution >= 4 is 5.91 Å². The molecule has 0 aliphatic carbocycles. The van der Waals surface area contributed by atoms with Gasteiger partial charge in [-0.25, -0.2) is 8.78 Å². The zero-order chi connectivity index (χ0) is 15.4. The highest BCUT2D eigenvalue weighted by molar-refractivity contribution is 5.81. The van der Waals surface area contributed by atoms with Crippen LogP contribution in [0.3, 0.4) is 0 Å². The van der Waals surface area contributed by atoms with Crippen LogP contribution in [0, 0.1) is 0 Å². The molecule has 1 amide bonds. The van der Waals surface area contributed by atoms with Crippen LogP contribution in [0.25, 0.3) is 0 Å². The Balaban J connectivity index is 2.12. The molecule has 21 heavy (non-hydrogen) atoms. The molecule has 1 fully saturated rings. The Labute approximate surface area is 123 Å². The molecule has 1 aliphatic heterocycles. The minimum atomic E-state index is -2.47. The van der Waals surface area contributed by atoms with Crippen LogP contribution in [0.2, 0.25) is 0 Å². The Bertz CT molecular complexity index is 494. The van der Waals surface area contributed by atoms with Gasteiger partial charge in [-0.2, -0.15) is 0 Å². The van der Waals surface area contributed by atoms with E-state index in [0.29, 0.717) is 13.1 Å². The van der Waals surface area contributed by atoms with Crippen molar-refractivity contribution in [1.82, 2.24) is 15.1 Å². The number of halogens is 2. The first-order chi connectivity index (χ1) is 9.99. The summed E-state index contributed by atoms with van der Waals surface area (Å²) in [6.45, 7) is 2.62. The molecular weight excluding hydrogens is 276 g/mol. The largest absolute Gasteiger partial charge is 0.347 e. The highest BCUT2D eigenvalue weighted by atomic mass is 19.3. The molecule has 6 heteroatoms. The second-order valence-corrected chi connectivity index (χ2v) is 5.47. The first kappa shape index (κ1) is 15.9. The lowest BCUT2D eigenvalue weighted by molar-refractivity contribution is -0.135. The fourth-order valence-corrected chi connectivity index (χ4v) is 2.54. The van der Waals surface area contributed by atoms with Gasteiger partial charge in [0.15, 0.2) is 0 Å². The summed E-state index contributed by atoms with van der Waals surface area (Å²) in [5, 5.41) is 3.21. The number of alkyl halides is 2. The van der Waals surface area contributed by atoms with E-state index in [1.165, 1.54) is 12.1 Å².